The summed E-state index contributed by atoms with van der Waals surface area (Å²) in [5, 5.41) is 19.5. The molecule has 1 atom stereocenters. The van der Waals surface area contributed by atoms with Gasteiger partial charge in [-0.25, -0.2) is 4.68 Å². The molecule has 0 spiro atoms. The summed E-state index contributed by atoms with van der Waals surface area (Å²) < 4.78 is 1.75. The first-order valence-corrected chi connectivity index (χ1v) is 7.13. The number of fused-ring (bicyclic) bond motifs is 1. The Labute approximate surface area is 123 Å². The van der Waals surface area contributed by atoms with E-state index in [0.29, 0.717) is 0 Å². The molecule has 0 aliphatic carbocycles. The SMILES string of the molecule is CCCn1nncc1C(O)c1ccc2nc(C)ccc2c1. The fourth-order valence-corrected chi connectivity index (χ4v) is 2.45. The molecule has 3 rings (SSSR count). The Bertz CT molecular complexity index is 766. The van der Waals surface area contributed by atoms with E-state index in [4.69, 9.17) is 0 Å². The lowest BCUT2D eigenvalue weighted by Crippen LogP contribution is -2.10. The minimum Gasteiger partial charge on any atom is -0.382 e. The molecule has 0 radical (unpaired) electrons. The van der Waals surface area contributed by atoms with Gasteiger partial charge in [0.05, 0.1) is 17.4 Å². The Morgan fingerprint density at radius 2 is 2.10 bits per heavy atom. The molecule has 0 aliphatic rings. The largest absolute Gasteiger partial charge is 0.382 e. The molecule has 0 bridgehead atoms. The van der Waals surface area contributed by atoms with Crippen LogP contribution < -0.4 is 0 Å². The highest BCUT2D eigenvalue weighted by molar-refractivity contribution is 5.79. The van der Waals surface area contributed by atoms with Crippen molar-refractivity contribution in [3.63, 3.8) is 0 Å². The highest BCUT2D eigenvalue weighted by atomic mass is 16.3. The van der Waals surface area contributed by atoms with Gasteiger partial charge in [-0.3, -0.25) is 4.98 Å². The third-order valence-electron chi connectivity index (χ3n) is 3.53. The van der Waals surface area contributed by atoms with Crippen LogP contribution in [0, 0.1) is 6.92 Å². The molecule has 0 aliphatic heterocycles. The van der Waals surface area contributed by atoms with Crippen LogP contribution in [0.15, 0.2) is 36.5 Å². The van der Waals surface area contributed by atoms with Gasteiger partial charge in [0.15, 0.2) is 0 Å². The van der Waals surface area contributed by atoms with Gasteiger partial charge in [0.2, 0.25) is 0 Å². The van der Waals surface area contributed by atoms with E-state index in [0.717, 1.165) is 40.8 Å². The molecule has 1 unspecified atom stereocenters. The number of hydrogen-bond donors (Lipinski definition) is 1. The van der Waals surface area contributed by atoms with Crippen molar-refractivity contribution in [2.24, 2.45) is 0 Å². The second-order valence-electron chi connectivity index (χ2n) is 5.19. The molecule has 0 saturated carbocycles. The molecule has 3 aromatic rings. The van der Waals surface area contributed by atoms with E-state index in [1.165, 1.54) is 0 Å². The smallest absolute Gasteiger partial charge is 0.122 e. The number of aryl methyl sites for hydroxylation is 2. The molecule has 0 amide bonds. The summed E-state index contributed by atoms with van der Waals surface area (Å²) in [6.07, 6.45) is 1.85. The molecule has 1 aromatic carbocycles. The zero-order valence-corrected chi connectivity index (χ0v) is 12.2. The van der Waals surface area contributed by atoms with Crippen molar-refractivity contribution in [1.29, 1.82) is 0 Å². The van der Waals surface area contributed by atoms with Crippen LogP contribution in [0.1, 0.15) is 36.4 Å². The molecular formula is C16H18N4O. The number of benzene rings is 1. The van der Waals surface area contributed by atoms with Crippen molar-refractivity contribution >= 4 is 10.9 Å². The number of aliphatic hydroxyl groups is 1. The zero-order valence-electron chi connectivity index (χ0n) is 12.2. The van der Waals surface area contributed by atoms with Crippen molar-refractivity contribution in [2.45, 2.75) is 32.9 Å². The van der Waals surface area contributed by atoms with Crippen LogP contribution in [0.3, 0.4) is 0 Å². The van der Waals surface area contributed by atoms with Gasteiger partial charge in [0.25, 0.3) is 0 Å². The summed E-state index contributed by atoms with van der Waals surface area (Å²) in [7, 11) is 0. The zero-order chi connectivity index (χ0) is 14.8. The fourth-order valence-electron chi connectivity index (χ4n) is 2.45. The second-order valence-corrected chi connectivity index (χ2v) is 5.19. The standard InChI is InChI=1S/C16H18N4O/c1-3-8-20-15(10-17-19-20)16(21)13-6-7-14-12(9-13)5-4-11(2)18-14/h4-7,9-10,16,21H,3,8H2,1-2H3. The van der Waals surface area contributed by atoms with Crippen molar-refractivity contribution < 1.29 is 5.11 Å². The summed E-state index contributed by atoms with van der Waals surface area (Å²) in [5.74, 6) is 0. The molecule has 5 heteroatoms. The molecule has 0 fully saturated rings. The third kappa shape index (κ3) is 2.64. The maximum atomic E-state index is 10.6. The summed E-state index contributed by atoms with van der Waals surface area (Å²) in [5.41, 5.74) is 3.47. The van der Waals surface area contributed by atoms with Crippen molar-refractivity contribution in [1.82, 2.24) is 20.0 Å². The maximum absolute atomic E-state index is 10.6. The predicted molar refractivity (Wildman–Crippen MR) is 80.9 cm³/mol. The van der Waals surface area contributed by atoms with Gasteiger partial charge in [-0.05, 0) is 37.1 Å². The maximum Gasteiger partial charge on any atom is 0.122 e. The monoisotopic (exact) mass is 282 g/mol. The number of rotatable bonds is 4. The van der Waals surface area contributed by atoms with E-state index in [-0.39, 0.29) is 0 Å². The van der Waals surface area contributed by atoms with Crippen LogP contribution in [0.25, 0.3) is 10.9 Å². The minimum atomic E-state index is -0.725. The van der Waals surface area contributed by atoms with Gasteiger partial charge in [0, 0.05) is 17.6 Å². The Morgan fingerprint density at radius 3 is 2.90 bits per heavy atom. The first-order chi connectivity index (χ1) is 10.2. The van der Waals surface area contributed by atoms with Crippen molar-refractivity contribution in [3.8, 4) is 0 Å². The Hall–Kier alpha value is -2.27. The van der Waals surface area contributed by atoms with Gasteiger partial charge in [0.1, 0.15) is 6.10 Å². The number of hydrogen-bond acceptors (Lipinski definition) is 4. The summed E-state index contributed by atoms with van der Waals surface area (Å²) in [6, 6.07) is 9.81. The van der Waals surface area contributed by atoms with Crippen LogP contribution in [-0.4, -0.2) is 25.1 Å². The number of aliphatic hydroxyl groups excluding tert-OH is 1. The third-order valence-corrected chi connectivity index (χ3v) is 3.53. The lowest BCUT2D eigenvalue weighted by molar-refractivity contribution is 0.207. The highest BCUT2D eigenvalue weighted by Gasteiger charge is 2.16. The Balaban J connectivity index is 1.99. The van der Waals surface area contributed by atoms with Crippen LogP contribution in [0.5, 0.6) is 0 Å². The molecule has 5 nitrogen and oxygen atoms in total. The van der Waals surface area contributed by atoms with Crippen LogP contribution >= 0.6 is 0 Å². The Kier molecular flexibility index (Phi) is 3.66. The predicted octanol–water partition coefficient (Wildman–Crippen LogP) is 2.63. The first kappa shape index (κ1) is 13.7. The second kappa shape index (κ2) is 5.61. The topological polar surface area (TPSA) is 63.8 Å². The van der Waals surface area contributed by atoms with E-state index in [2.05, 4.69) is 22.2 Å². The first-order valence-electron chi connectivity index (χ1n) is 7.13. The number of aromatic nitrogens is 4. The van der Waals surface area contributed by atoms with Gasteiger partial charge in [-0.15, -0.1) is 5.10 Å². The molecular weight excluding hydrogens is 264 g/mol. The molecule has 2 aromatic heterocycles. The van der Waals surface area contributed by atoms with Crippen LogP contribution in [0.4, 0.5) is 0 Å². The van der Waals surface area contributed by atoms with E-state index in [9.17, 15) is 5.11 Å². The average molecular weight is 282 g/mol. The summed E-state index contributed by atoms with van der Waals surface area (Å²) in [4.78, 5) is 4.47. The van der Waals surface area contributed by atoms with Gasteiger partial charge in [-0.1, -0.05) is 24.3 Å². The molecule has 21 heavy (non-hydrogen) atoms. The summed E-state index contributed by atoms with van der Waals surface area (Å²) >= 11 is 0. The highest BCUT2D eigenvalue weighted by Crippen LogP contribution is 2.24. The van der Waals surface area contributed by atoms with E-state index in [1.807, 2.05) is 37.3 Å². The van der Waals surface area contributed by atoms with E-state index >= 15 is 0 Å². The minimum absolute atomic E-state index is 0.719. The number of nitrogens with zero attached hydrogens (tertiary/aromatic N) is 4. The van der Waals surface area contributed by atoms with E-state index in [1.54, 1.807) is 10.9 Å². The lowest BCUT2D eigenvalue weighted by atomic mass is 10.0. The number of pyridine rings is 1. The fraction of sp³-hybridized carbons (Fsp3) is 0.312. The molecule has 0 saturated heterocycles. The molecule has 2 heterocycles. The quantitative estimate of drug-likeness (QED) is 0.799. The van der Waals surface area contributed by atoms with Crippen LogP contribution in [0.2, 0.25) is 0 Å². The average Bonchev–Trinajstić information content (AvgIpc) is 2.94. The van der Waals surface area contributed by atoms with Gasteiger partial charge in [-0.2, -0.15) is 0 Å². The van der Waals surface area contributed by atoms with Gasteiger partial charge >= 0.3 is 0 Å². The van der Waals surface area contributed by atoms with Gasteiger partial charge < -0.3 is 5.11 Å². The van der Waals surface area contributed by atoms with Crippen molar-refractivity contribution in [3.05, 3.63) is 53.5 Å². The lowest BCUT2D eigenvalue weighted by Gasteiger charge is -2.13. The molecule has 1 N–H and O–H groups in total. The normalized spacial score (nSPS) is 12.7. The Morgan fingerprint density at radius 1 is 1.24 bits per heavy atom. The summed E-state index contributed by atoms with van der Waals surface area (Å²) in [6.45, 7) is 4.79. The van der Waals surface area contributed by atoms with E-state index < -0.39 is 6.10 Å². The molecule has 108 valence electrons. The van der Waals surface area contributed by atoms with Crippen molar-refractivity contribution in [2.75, 3.05) is 0 Å². The van der Waals surface area contributed by atoms with Crippen LogP contribution in [-0.2, 0) is 6.54 Å².